The number of rotatable bonds is 58. The molecule has 2 atom stereocenters. The number of esters is 1. The molecule has 0 aromatic carbocycles. The first-order valence-electron chi connectivity index (χ1n) is 30.6. The first-order chi connectivity index (χ1) is 35.9. The maximum absolute atomic E-state index is 13.6. The van der Waals surface area contributed by atoms with Crippen LogP contribution in [0.3, 0.4) is 0 Å². The number of hydrogen-bond donors (Lipinski definition) is 1. The van der Waals surface area contributed by atoms with Gasteiger partial charge in [0.1, 0.15) is 41.6 Å². The van der Waals surface area contributed by atoms with Gasteiger partial charge in [0.2, 0.25) is 0 Å². The Bertz CT molecular complexity index is 1460. The molecule has 75 heavy (non-hydrogen) atoms. The van der Waals surface area contributed by atoms with Crippen LogP contribution in [0.15, 0.2) is 24.3 Å². The predicted molar refractivity (Wildman–Crippen MR) is 304 cm³/mol. The number of carbonyl (C=O) groups is 6. The number of ether oxygens (including phenoxy) is 3. The largest absolute Gasteiger partial charge is 1.00 e. The molecule has 0 rings (SSSR count). The van der Waals surface area contributed by atoms with Crippen molar-refractivity contribution in [1.82, 2.24) is 0 Å². The zero-order valence-corrected chi connectivity index (χ0v) is 50.5. The molecule has 0 aliphatic heterocycles. The molecule has 0 radical (unpaired) electrons. The fraction of sp³-hybridized carbons (Fsp3) is 0.841. The van der Waals surface area contributed by atoms with Crippen LogP contribution in [0.1, 0.15) is 278 Å². The summed E-state index contributed by atoms with van der Waals surface area (Å²) >= 11 is 0. The maximum Gasteiger partial charge on any atom is 0.364 e. The number of ketones is 5. The highest BCUT2D eigenvalue weighted by atomic mass is 79.9. The standard InChI is InChI=1S/C63H114NO10.BrH/c1-6-9-11-13-15-17-19-21-23-25-27-29-31-33-35-37-51-72-55-61(73-52-38-36-34-32-30-28-26-24-22-20-18-16-14-12-10-7-2)54-64(4,5)62(39-8-3)63(71)74-53-49-60(70)47-45-58(68)43-41-56(66)40-42-57(67)44-46-59(69)48-50-65;/h21-24,61-62,65H,6-20,25-55H2,1-5H3;1H/q+1;/p-1/b23-21+,24-22+;. The Morgan fingerprint density at radius 1 is 0.427 bits per heavy atom. The van der Waals surface area contributed by atoms with Crippen LogP contribution < -0.4 is 17.0 Å². The van der Waals surface area contributed by atoms with Crippen molar-refractivity contribution in [3.8, 4) is 0 Å². The number of Topliss-reactive ketones (excluding diaryl/α,β-unsaturated/α-hetero) is 5. The lowest BCUT2D eigenvalue weighted by molar-refractivity contribution is -0.910. The lowest BCUT2D eigenvalue weighted by Crippen LogP contribution is -3.00. The van der Waals surface area contributed by atoms with E-state index >= 15 is 0 Å². The van der Waals surface area contributed by atoms with Crippen LogP contribution in [0.5, 0.6) is 0 Å². The van der Waals surface area contributed by atoms with Crippen LogP contribution in [0.4, 0.5) is 0 Å². The van der Waals surface area contributed by atoms with E-state index in [0.717, 1.165) is 32.1 Å². The SMILES string of the molecule is CCCCCCCC/C=C/CCCCCCCCOCC(C[N+](C)(C)C(CCC)C(=O)OCCC(=O)CCC(=O)CCC(=O)CCC(=O)CCC(=O)CCO)OCCCCCCCC/C=C/CCCCCCCC.[Br-]. The maximum atomic E-state index is 13.6. The second kappa shape index (κ2) is 55.0. The summed E-state index contributed by atoms with van der Waals surface area (Å²) in [5.41, 5.74) is 0. The molecule has 0 amide bonds. The van der Waals surface area contributed by atoms with E-state index in [9.17, 15) is 28.8 Å². The van der Waals surface area contributed by atoms with Crippen molar-refractivity contribution < 1.29 is 69.5 Å². The third-order valence-electron chi connectivity index (χ3n) is 14.2. The smallest absolute Gasteiger partial charge is 0.364 e. The molecule has 0 fully saturated rings. The first kappa shape index (κ1) is 74.7. The molecule has 0 aromatic rings. The molecule has 0 bridgehead atoms. The minimum atomic E-state index is -0.439. The third kappa shape index (κ3) is 49.6. The van der Waals surface area contributed by atoms with Gasteiger partial charge in [0, 0.05) is 90.4 Å². The number of quaternary nitrogens is 1. The van der Waals surface area contributed by atoms with Gasteiger partial charge in [0.15, 0.2) is 6.04 Å². The molecule has 0 aromatic heterocycles. The molecule has 0 saturated carbocycles. The topological polar surface area (TPSA) is 150 Å². The molecule has 438 valence electrons. The van der Waals surface area contributed by atoms with Crippen LogP contribution >= 0.6 is 0 Å². The normalized spacial score (nSPS) is 12.6. The number of hydrogen-bond acceptors (Lipinski definition) is 10. The summed E-state index contributed by atoms with van der Waals surface area (Å²) in [6, 6.07) is -0.439. The summed E-state index contributed by atoms with van der Waals surface area (Å²) < 4.78 is 18.9. The van der Waals surface area contributed by atoms with Crippen LogP contribution in [0, 0.1) is 0 Å². The summed E-state index contributed by atoms with van der Waals surface area (Å²) in [4.78, 5) is 74.6. The van der Waals surface area contributed by atoms with E-state index in [1.165, 1.54) is 154 Å². The van der Waals surface area contributed by atoms with E-state index in [1.807, 2.05) is 0 Å². The van der Waals surface area contributed by atoms with Crippen molar-refractivity contribution in [2.24, 2.45) is 0 Å². The fourth-order valence-electron chi connectivity index (χ4n) is 9.32. The van der Waals surface area contributed by atoms with E-state index in [-0.39, 0.29) is 135 Å². The van der Waals surface area contributed by atoms with Crippen molar-refractivity contribution in [2.45, 2.75) is 290 Å². The third-order valence-corrected chi connectivity index (χ3v) is 14.2. The fourth-order valence-corrected chi connectivity index (χ4v) is 9.32. The van der Waals surface area contributed by atoms with Gasteiger partial charge in [-0.2, -0.15) is 0 Å². The monoisotopic (exact) mass is 1120 g/mol. The lowest BCUT2D eigenvalue weighted by Gasteiger charge is -2.38. The summed E-state index contributed by atoms with van der Waals surface area (Å²) in [5, 5.41) is 8.82. The highest BCUT2D eigenvalue weighted by Gasteiger charge is 2.38. The Kier molecular flexibility index (Phi) is 54.7. The van der Waals surface area contributed by atoms with Crippen LogP contribution in [-0.4, -0.2) is 110 Å². The van der Waals surface area contributed by atoms with Gasteiger partial charge in [-0.3, -0.25) is 24.0 Å². The van der Waals surface area contributed by atoms with Crippen molar-refractivity contribution in [3.63, 3.8) is 0 Å². The van der Waals surface area contributed by atoms with Crippen molar-refractivity contribution in [1.29, 1.82) is 0 Å². The van der Waals surface area contributed by atoms with E-state index in [4.69, 9.17) is 19.3 Å². The van der Waals surface area contributed by atoms with Gasteiger partial charge >= 0.3 is 5.97 Å². The molecular weight excluding hydrogens is 1010 g/mol. The molecular formula is C63H114BrNO10. The Balaban J connectivity index is 0. The summed E-state index contributed by atoms with van der Waals surface area (Å²) in [6.07, 6.45) is 46.3. The van der Waals surface area contributed by atoms with Gasteiger partial charge in [-0.25, -0.2) is 4.79 Å². The second-order valence-corrected chi connectivity index (χ2v) is 21.8. The van der Waals surface area contributed by atoms with Crippen LogP contribution in [0.2, 0.25) is 0 Å². The summed E-state index contributed by atoms with van der Waals surface area (Å²) in [7, 11) is 4.10. The molecule has 0 heterocycles. The van der Waals surface area contributed by atoms with Crippen molar-refractivity contribution in [2.75, 3.05) is 53.7 Å². The molecule has 0 spiro atoms. The quantitative estimate of drug-likeness (QED) is 0.0270. The number of nitrogens with zero attached hydrogens (tertiary/aromatic N) is 1. The Hall–Kier alpha value is -2.38. The Morgan fingerprint density at radius 3 is 1.16 bits per heavy atom. The highest BCUT2D eigenvalue weighted by molar-refractivity contribution is 5.91. The number of carbonyl (C=O) groups excluding carboxylic acids is 6. The molecule has 11 nitrogen and oxygen atoms in total. The van der Waals surface area contributed by atoms with Gasteiger partial charge < -0.3 is 40.8 Å². The Labute approximate surface area is 470 Å². The van der Waals surface area contributed by atoms with Gasteiger partial charge in [0.05, 0.1) is 27.3 Å². The highest BCUT2D eigenvalue weighted by Crippen LogP contribution is 2.19. The van der Waals surface area contributed by atoms with Gasteiger partial charge in [-0.15, -0.1) is 0 Å². The van der Waals surface area contributed by atoms with Gasteiger partial charge in [-0.05, 0) is 70.6 Å². The molecule has 12 heteroatoms. The Morgan fingerprint density at radius 2 is 0.773 bits per heavy atom. The van der Waals surface area contributed by atoms with E-state index in [0.29, 0.717) is 37.3 Å². The number of aliphatic hydroxyl groups is 1. The number of allylic oxidation sites excluding steroid dienone is 4. The summed E-state index contributed by atoms with van der Waals surface area (Å²) in [6.45, 7) is 8.71. The molecule has 2 unspecified atom stereocenters. The second-order valence-electron chi connectivity index (χ2n) is 21.8. The molecule has 0 aliphatic rings. The van der Waals surface area contributed by atoms with Crippen LogP contribution in [0.25, 0.3) is 0 Å². The first-order valence-corrected chi connectivity index (χ1v) is 30.6. The lowest BCUT2D eigenvalue weighted by atomic mass is 10.0. The number of unbranched alkanes of at least 4 members (excludes halogenated alkanes) is 24. The van der Waals surface area contributed by atoms with E-state index in [2.05, 4.69) is 59.2 Å². The average Bonchev–Trinajstić information content (AvgIpc) is 3.37. The minimum Gasteiger partial charge on any atom is -1.00 e. The zero-order chi connectivity index (χ0) is 54.6. The van der Waals surface area contributed by atoms with Crippen molar-refractivity contribution in [3.05, 3.63) is 24.3 Å². The predicted octanol–water partition coefficient (Wildman–Crippen LogP) is 12.0. The zero-order valence-electron chi connectivity index (χ0n) is 48.9. The summed E-state index contributed by atoms with van der Waals surface area (Å²) in [5.74, 6) is -1.33. The van der Waals surface area contributed by atoms with Crippen molar-refractivity contribution >= 4 is 34.9 Å². The number of aliphatic hydroxyl groups excluding tert-OH is 1. The minimum absolute atomic E-state index is 0. The molecule has 1 N–H and O–H groups in total. The van der Waals surface area contributed by atoms with Gasteiger partial charge in [-0.1, -0.05) is 161 Å². The van der Waals surface area contributed by atoms with E-state index < -0.39 is 6.04 Å². The molecule has 0 aliphatic carbocycles. The molecule has 0 saturated heterocycles. The number of halogens is 1. The van der Waals surface area contributed by atoms with Crippen LogP contribution in [-0.2, 0) is 43.0 Å². The van der Waals surface area contributed by atoms with Gasteiger partial charge in [0.25, 0.3) is 0 Å². The number of likely N-dealkylation sites (N-methyl/N-ethyl adjacent to an activating group) is 1. The average molecular weight is 1130 g/mol. The van der Waals surface area contributed by atoms with E-state index in [1.54, 1.807) is 0 Å².